The topological polar surface area (TPSA) is 48.2 Å². The van der Waals surface area contributed by atoms with E-state index in [9.17, 15) is 0 Å². The molecule has 0 amide bonds. The van der Waals surface area contributed by atoms with E-state index in [1.54, 1.807) is 0 Å². The first-order chi connectivity index (χ1) is 10.8. The Bertz CT molecular complexity index is 776. The van der Waals surface area contributed by atoms with Gasteiger partial charge in [0.2, 0.25) is 0 Å². The summed E-state index contributed by atoms with van der Waals surface area (Å²) < 4.78 is 11.5. The first kappa shape index (κ1) is 14.9. The van der Waals surface area contributed by atoms with Gasteiger partial charge in [0, 0.05) is 10.6 Å². The van der Waals surface area contributed by atoms with Crippen molar-refractivity contribution in [2.75, 3.05) is 6.26 Å². The van der Waals surface area contributed by atoms with Crippen LogP contribution in [0.4, 0.5) is 0 Å². The molecule has 0 aliphatic heterocycles. The van der Waals surface area contributed by atoms with E-state index in [4.69, 9.17) is 20.8 Å². The van der Waals surface area contributed by atoms with Crippen molar-refractivity contribution in [3.63, 3.8) is 0 Å². The van der Waals surface area contributed by atoms with E-state index >= 15 is 0 Å². The molecular formula is C16H13ClN2O2S. The van der Waals surface area contributed by atoms with Crippen molar-refractivity contribution in [1.82, 2.24) is 10.2 Å². The molecule has 2 aromatic carbocycles. The van der Waals surface area contributed by atoms with Crippen molar-refractivity contribution < 1.29 is 9.15 Å². The van der Waals surface area contributed by atoms with Gasteiger partial charge < -0.3 is 9.15 Å². The molecule has 0 fully saturated rings. The highest BCUT2D eigenvalue weighted by atomic mass is 35.5. The normalized spacial score (nSPS) is 10.6. The molecule has 0 atom stereocenters. The third kappa shape index (κ3) is 3.26. The zero-order valence-corrected chi connectivity index (χ0v) is 13.4. The third-order valence-electron chi connectivity index (χ3n) is 3.04. The standard InChI is InChI=1S/C16H13ClN2O2S/c1-22-16-19-18-15(21-16)12-7-3-5-9-14(12)20-10-11-6-2-4-8-13(11)17/h2-9H,10H2,1H3. The van der Waals surface area contributed by atoms with Crippen LogP contribution in [0.25, 0.3) is 11.5 Å². The maximum Gasteiger partial charge on any atom is 0.276 e. The monoisotopic (exact) mass is 332 g/mol. The fraction of sp³-hybridized carbons (Fsp3) is 0.125. The van der Waals surface area contributed by atoms with Crippen molar-refractivity contribution in [2.24, 2.45) is 0 Å². The third-order valence-corrected chi connectivity index (χ3v) is 3.92. The Morgan fingerprint density at radius 3 is 2.64 bits per heavy atom. The second-order valence-electron chi connectivity index (χ2n) is 4.45. The molecule has 0 saturated heterocycles. The minimum absolute atomic E-state index is 0.375. The molecule has 3 aromatic rings. The van der Waals surface area contributed by atoms with Gasteiger partial charge in [0.05, 0.1) is 5.56 Å². The van der Waals surface area contributed by atoms with Gasteiger partial charge in [-0.2, -0.15) is 0 Å². The number of hydrogen-bond donors (Lipinski definition) is 0. The Balaban J connectivity index is 1.84. The van der Waals surface area contributed by atoms with Crippen LogP contribution in [0.2, 0.25) is 5.02 Å². The lowest BCUT2D eigenvalue weighted by molar-refractivity contribution is 0.306. The molecule has 0 spiro atoms. The van der Waals surface area contributed by atoms with Crippen molar-refractivity contribution in [1.29, 1.82) is 0 Å². The summed E-state index contributed by atoms with van der Waals surface area (Å²) in [5.41, 5.74) is 1.69. The van der Waals surface area contributed by atoms with Crippen LogP contribution in [0.5, 0.6) is 5.75 Å². The zero-order chi connectivity index (χ0) is 15.4. The van der Waals surface area contributed by atoms with Crippen LogP contribution in [0.15, 0.2) is 58.2 Å². The Hall–Kier alpha value is -1.98. The molecule has 0 N–H and O–H groups in total. The molecule has 1 heterocycles. The first-order valence-corrected chi connectivity index (χ1v) is 8.21. The van der Waals surface area contributed by atoms with Crippen LogP contribution in [0.1, 0.15) is 5.56 Å². The number of ether oxygens (including phenoxy) is 1. The maximum absolute atomic E-state index is 6.15. The first-order valence-electron chi connectivity index (χ1n) is 6.61. The Morgan fingerprint density at radius 1 is 1.09 bits per heavy atom. The van der Waals surface area contributed by atoms with Gasteiger partial charge >= 0.3 is 0 Å². The molecule has 0 aliphatic rings. The predicted molar refractivity (Wildman–Crippen MR) is 87.3 cm³/mol. The number of thioether (sulfide) groups is 1. The second kappa shape index (κ2) is 6.85. The summed E-state index contributed by atoms with van der Waals surface area (Å²) >= 11 is 7.55. The van der Waals surface area contributed by atoms with Gasteiger partial charge in [0.15, 0.2) is 0 Å². The average Bonchev–Trinajstić information content (AvgIpc) is 3.03. The lowest BCUT2D eigenvalue weighted by atomic mass is 10.2. The van der Waals surface area contributed by atoms with Crippen molar-refractivity contribution >= 4 is 23.4 Å². The van der Waals surface area contributed by atoms with Gasteiger partial charge in [-0.1, -0.05) is 53.7 Å². The lowest BCUT2D eigenvalue weighted by Gasteiger charge is -2.10. The molecule has 22 heavy (non-hydrogen) atoms. The highest BCUT2D eigenvalue weighted by Gasteiger charge is 2.13. The molecule has 0 unspecified atom stereocenters. The summed E-state index contributed by atoms with van der Waals surface area (Å²) in [6, 6.07) is 15.2. The minimum Gasteiger partial charge on any atom is -0.488 e. The number of para-hydroxylation sites is 1. The number of rotatable bonds is 5. The van der Waals surface area contributed by atoms with Gasteiger partial charge in [0.1, 0.15) is 12.4 Å². The van der Waals surface area contributed by atoms with Crippen molar-refractivity contribution in [3.8, 4) is 17.2 Å². The van der Waals surface area contributed by atoms with Crippen molar-refractivity contribution in [3.05, 3.63) is 59.1 Å². The van der Waals surface area contributed by atoms with Gasteiger partial charge in [0.25, 0.3) is 11.1 Å². The molecule has 0 bridgehead atoms. The van der Waals surface area contributed by atoms with Gasteiger partial charge in [-0.15, -0.1) is 10.2 Å². The molecule has 6 heteroatoms. The lowest BCUT2D eigenvalue weighted by Crippen LogP contribution is -1.97. The number of benzene rings is 2. The van der Waals surface area contributed by atoms with E-state index < -0.39 is 0 Å². The molecule has 4 nitrogen and oxygen atoms in total. The van der Waals surface area contributed by atoms with Crippen LogP contribution in [0.3, 0.4) is 0 Å². The number of hydrogen-bond acceptors (Lipinski definition) is 5. The summed E-state index contributed by atoms with van der Waals surface area (Å²) in [5.74, 6) is 1.12. The molecule has 0 saturated carbocycles. The van der Waals surface area contributed by atoms with Gasteiger partial charge in [-0.05, 0) is 24.5 Å². The highest BCUT2D eigenvalue weighted by molar-refractivity contribution is 7.98. The average molecular weight is 333 g/mol. The number of aromatic nitrogens is 2. The van der Waals surface area contributed by atoms with E-state index in [-0.39, 0.29) is 0 Å². The summed E-state index contributed by atoms with van der Waals surface area (Å²) in [6.45, 7) is 0.375. The smallest absolute Gasteiger partial charge is 0.276 e. The van der Waals surface area contributed by atoms with Gasteiger partial charge in [-0.3, -0.25) is 0 Å². The minimum atomic E-state index is 0.375. The van der Waals surface area contributed by atoms with E-state index in [1.807, 2.05) is 54.8 Å². The molecular weight excluding hydrogens is 320 g/mol. The second-order valence-corrected chi connectivity index (χ2v) is 5.62. The van der Waals surface area contributed by atoms with E-state index in [1.165, 1.54) is 11.8 Å². The number of nitrogens with zero attached hydrogens (tertiary/aromatic N) is 2. The summed E-state index contributed by atoms with van der Waals surface area (Å²) in [4.78, 5) is 0. The fourth-order valence-corrected chi connectivity index (χ4v) is 2.42. The number of halogens is 1. The van der Waals surface area contributed by atoms with Crippen LogP contribution in [-0.4, -0.2) is 16.5 Å². The van der Waals surface area contributed by atoms with Gasteiger partial charge in [-0.25, -0.2) is 0 Å². The maximum atomic E-state index is 6.15. The fourth-order valence-electron chi connectivity index (χ4n) is 1.94. The highest BCUT2D eigenvalue weighted by Crippen LogP contribution is 2.31. The molecule has 0 aliphatic carbocycles. The van der Waals surface area contributed by atoms with Crippen LogP contribution in [-0.2, 0) is 6.61 Å². The molecule has 112 valence electrons. The molecule has 1 aromatic heterocycles. The summed E-state index contributed by atoms with van der Waals surface area (Å²) in [6.07, 6.45) is 1.89. The van der Waals surface area contributed by atoms with Crippen LogP contribution in [0, 0.1) is 0 Å². The van der Waals surface area contributed by atoms with Crippen molar-refractivity contribution in [2.45, 2.75) is 11.8 Å². The SMILES string of the molecule is CSc1nnc(-c2ccccc2OCc2ccccc2Cl)o1. The summed E-state index contributed by atoms with van der Waals surface area (Å²) in [7, 11) is 0. The van der Waals surface area contributed by atoms with Crippen LogP contribution >= 0.6 is 23.4 Å². The van der Waals surface area contributed by atoms with E-state index in [0.29, 0.717) is 28.5 Å². The van der Waals surface area contributed by atoms with E-state index in [0.717, 1.165) is 11.1 Å². The largest absolute Gasteiger partial charge is 0.488 e. The molecule has 3 rings (SSSR count). The Morgan fingerprint density at radius 2 is 1.86 bits per heavy atom. The quantitative estimate of drug-likeness (QED) is 0.634. The Labute approximate surface area is 137 Å². The Kier molecular flexibility index (Phi) is 4.65. The summed E-state index contributed by atoms with van der Waals surface area (Å²) in [5, 5.41) is 9.21. The predicted octanol–water partition coefficient (Wildman–Crippen LogP) is 4.69. The zero-order valence-electron chi connectivity index (χ0n) is 11.8. The molecule has 0 radical (unpaired) electrons. The van der Waals surface area contributed by atoms with E-state index in [2.05, 4.69) is 10.2 Å². The van der Waals surface area contributed by atoms with Crippen LogP contribution < -0.4 is 4.74 Å².